The lowest BCUT2D eigenvalue weighted by Crippen LogP contribution is -2.15. The van der Waals surface area contributed by atoms with Gasteiger partial charge >= 0.3 is 0 Å². The maximum Gasteiger partial charge on any atom is 0.229 e. The molecule has 4 nitrogen and oxygen atoms in total. The molecule has 1 aromatic heterocycles. The van der Waals surface area contributed by atoms with Gasteiger partial charge in [0.05, 0.1) is 0 Å². The highest BCUT2D eigenvalue weighted by Gasteiger charge is 2.06. The van der Waals surface area contributed by atoms with Gasteiger partial charge in [0.25, 0.3) is 0 Å². The molecule has 0 radical (unpaired) electrons. The molecule has 4 heteroatoms. The van der Waals surface area contributed by atoms with Crippen molar-refractivity contribution < 1.29 is 0 Å². The number of hydrogen-bond donors (Lipinski definition) is 2. The van der Waals surface area contributed by atoms with Crippen molar-refractivity contribution in [1.82, 2.24) is 9.97 Å². The third kappa shape index (κ3) is 4.18. The van der Waals surface area contributed by atoms with Gasteiger partial charge < -0.3 is 10.6 Å². The molecule has 2 N–H and O–H groups in total. The monoisotopic (exact) mass is 284 g/mol. The van der Waals surface area contributed by atoms with E-state index in [4.69, 9.17) is 0 Å². The summed E-state index contributed by atoms with van der Waals surface area (Å²) in [5, 5.41) is 6.70. The molecule has 1 aromatic carbocycles. The number of aromatic nitrogens is 2. The topological polar surface area (TPSA) is 49.8 Å². The van der Waals surface area contributed by atoms with E-state index in [1.165, 1.54) is 11.1 Å². The molecule has 0 bridgehead atoms. The standard InChI is InChI=1S/C17H24N4/c1-6-13(4)18-16-10-14(5)19-17(21-16)20-15-8-7-11(2)9-12(15)3/h7-10,13H,6H2,1-5H3,(H2,18,19,20,21). The summed E-state index contributed by atoms with van der Waals surface area (Å²) in [5.41, 5.74) is 4.43. The van der Waals surface area contributed by atoms with Crippen molar-refractivity contribution in [3.63, 3.8) is 0 Å². The van der Waals surface area contributed by atoms with Crippen LogP contribution in [0, 0.1) is 20.8 Å². The fraction of sp³-hybridized carbons (Fsp3) is 0.412. The first-order valence-corrected chi connectivity index (χ1v) is 7.44. The highest BCUT2D eigenvalue weighted by molar-refractivity contribution is 5.60. The summed E-state index contributed by atoms with van der Waals surface area (Å²) in [6, 6.07) is 8.67. The molecular formula is C17H24N4. The van der Waals surface area contributed by atoms with Crippen molar-refractivity contribution in [2.24, 2.45) is 0 Å². The predicted molar refractivity (Wildman–Crippen MR) is 89.3 cm³/mol. The molecule has 0 aliphatic rings. The second-order valence-electron chi connectivity index (χ2n) is 5.62. The number of hydrogen-bond acceptors (Lipinski definition) is 4. The minimum absolute atomic E-state index is 0.397. The lowest BCUT2D eigenvalue weighted by Gasteiger charge is -2.14. The zero-order valence-corrected chi connectivity index (χ0v) is 13.5. The largest absolute Gasteiger partial charge is 0.367 e. The number of nitrogens with one attached hydrogen (secondary N) is 2. The molecule has 0 aliphatic heterocycles. The molecule has 112 valence electrons. The zero-order valence-electron chi connectivity index (χ0n) is 13.5. The minimum Gasteiger partial charge on any atom is -0.367 e. The number of anilines is 3. The Labute approximate surface area is 127 Å². The Balaban J connectivity index is 2.23. The second-order valence-corrected chi connectivity index (χ2v) is 5.62. The Morgan fingerprint density at radius 2 is 1.86 bits per heavy atom. The van der Waals surface area contributed by atoms with Crippen molar-refractivity contribution in [2.75, 3.05) is 10.6 Å². The van der Waals surface area contributed by atoms with Crippen LogP contribution in [0.2, 0.25) is 0 Å². The van der Waals surface area contributed by atoms with Crippen LogP contribution >= 0.6 is 0 Å². The average molecular weight is 284 g/mol. The maximum atomic E-state index is 4.55. The Bertz CT molecular complexity index is 622. The summed E-state index contributed by atoms with van der Waals surface area (Å²) in [6.45, 7) is 10.5. The van der Waals surface area contributed by atoms with Crippen LogP contribution in [0.1, 0.15) is 37.1 Å². The normalized spacial score (nSPS) is 12.0. The summed E-state index contributed by atoms with van der Waals surface area (Å²) >= 11 is 0. The van der Waals surface area contributed by atoms with Crippen LogP contribution in [-0.2, 0) is 0 Å². The van der Waals surface area contributed by atoms with Crippen LogP contribution in [0.3, 0.4) is 0 Å². The lowest BCUT2D eigenvalue weighted by atomic mass is 10.1. The molecule has 1 heterocycles. The van der Waals surface area contributed by atoms with E-state index in [1.807, 2.05) is 13.0 Å². The first-order chi connectivity index (χ1) is 9.97. The van der Waals surface area contributed by atoms with Crippen LogP contribution in [0.25, 0.3) is 0 Å². The summed E-state index contributed by atoms with van der Waals surface area (Å²) in [7, 11) is 0. The van der Waals surface area contributed by atoms with Crippen molar-refractivity contribution >= 4 is 17.5 Å². The molecule has 0 aliphatic carbocycles. The van der Waals surface area contributed by atoms with Crippen LogP contribution in [0.5, 0.6) is 0 Å². The quantitative estimate of drug-likeness (QED) is 0.856. The molecular weight excluding hydrogens is 260 g/mol. The van der Waals surface area contributed by atoms with E-state index in [1.54, 1.807) is 0 Å². The molecule has 1 unspecified atom stereocenters. The van der Waals surface area contributed by atoms with Gasteiger partial charge in [-0.05, 0) is 45.7 Å². The van der Waals surface area contributed by atoms with E-state index < -0.39 is 0 Å². The van der Waals surface area contributed by atoms with Gasteiger partial charge in [-0.25, -0.2) is 4.98 Å². The summed E-state index contributed by atoms with van der Waals surface area (Å²) < 4.78 is 0. The van der Waals surface area contributed by atoms with Gasteiger partial charge in [-0.3, -0.25) is 0 Å². The van der Waals surface area contributed by atoms with Crippen molar-refractivity contribution in [3.8, 4) is 0 Å². The van der Waals surface area contributed by atoms with Gasteiger partial charge in [-0.1, -0.05) is 24.6 Å². The SMILES string of the molecule is CCC(C)Nc1cc(C)nc(Nc2ccc(C)cc2C)n1. The van der Waals surface area contributed by atoms with E-state index in [0.29, 0.717) is 12.0 Å². The number of benzene rings is 1. The molecule has 2 aromatic rings. The van der Waals surface area contributed by atoms with E-state index in [9.17, 15) is 0 Å². The molecule has 21 heavy (non-hydrogen) atoms. The Kier molecular flexibility index (Phi) is 4.78. The first-order valence-electron chi connectivity index (χ1n) is 7.44. The third-order valence-corrected chi connectivity index (χ3v) is 3.49. The van der Waals surface area contributed by atoms with Gasteiger partial charge in [-0.2, -0.15) is 4.98 Å². The summed E-state index contributed by atoms with van der Waals surface area (Å²) in [4.78, 5) is 9.01. The van der Waals surface area contributed by atoms with E-state index in [-0.39, 0.29) is 0 Å². The fourth-order valence-corrected chi connectivity index (χ4v) is 2.13. The van der Waals surface area contributed by atoms with Crippen LogP contribution < -0.4 is 10.6 Å². The van der Waals surface area contributed by atoms with Gasteiger partial charge in [0.15, 0.2) is 0 Å². The Hall–Kier alpha value is -2.10. The highest BCUT2D eigenvalue weighted by atomic mass is 15.1. The van der Waals surface area contributed by atoms with Gasteiger partial charge in [0.2, 0.25) is 5.95 Å². The van der Waals surface area contributed by atoms with Crippen LogP contribution in [0.15, 0.2) is 24.3 Å². The molecule has 0 spiro atoms. The maximum absolute atomic E-state index is 4.55. The molecule has 0 saturated carbocycles. The summed E-state index contributed by atoms with van der Waals surface area (Å²) in [6.07, 6.45) is 1.06. The molecule has 0 saturated heterocycles. The highest BCUT2D eigenvalue weighted by Crippen LogP contribution is 2.21. The van der Waals surface area contributed by atoms with E-state index >= 15 is 0 Å². The van der Waals surface area contributed by atoms with Crippen LogP contribution in [0.4, 0.5) is 17.5 Å². The number of aryl methyl sites for hydroxylation is 3. The number of nitrogens with zero attached hydrogens (tertiary/aromatic N) is 2. The predicted octanol–water partition coefficient (Wildman–Crippen LogP) is 4.36. The average Bonchev–Trinajstić information content (AvgIpc) is 2.41. The summed E-state index contributed by atoms with van der Waals surface area (Å²) in [5.74, 6) is 1.50. The van der Waals surface area contributed by atoms with Gasteiger partial charge in [-0.15, -0.1) is 0 Å². The molecule has 0 fully saturated rings. The Morgan fingerprint density at radius 3 is 2.52 bits per heavy atom. The zero-order chi connectivity index (χ0) is 15.4. The Morgan fingerprint density at radius 1 is 1.10 bits per heavy atom. The second kappa shape index (κ2) is 6.57. The molecule has 0 amide bonds. The fourth-order valence-electron chi connectivity index (χ4n) is 2.13. The smallest absolute Gasteiger partial charge is 0.229 e. The molecule has 1 atom stereocenters. The number of rotatable bonds is 5. The minimum atomic E-state index is 0.397. The van der Waals surface area contributed by atoms with Crippen molar-refractivity contribution in [2.45, 2.75) is 47.1 Å². The van der Waals surface area contributed by atoms with Gasteiger partial charge in [0, 0.05) is 23.5 Å². The van der Waals surface area contributed by atoms with E-state index in [2.05, 4.69) is 66.5 Å². The van der Waals surface area contributed by atoms with Crippen molar-refractivity contribution in [3.05, 3.63) is 41.1 Å². The van der Waals surface area contributed by atoms with Crippen molar-refractivity contribution in [1.29, 1.82) is 0 Å². The first kappa shape index (κ1) is 15.3. The molecule has 2 rings (SSSR count). The van der Waals surface area contributed by atoms with E-state index in [0.717, 1.165) is 23.6 Å². The van der Waals surface area contributed by atoms with Gasteiger partial charge in [0.1, 0.15) is 5.82 Å². The van der Waals surface area contributed by atoms with Crippen LogP contribution in [-0.4, -0.2) is 16.0 Å². The lowest BCUT2D eigenvalue weighted by molar-refractivity contribution is 0.758. The third-order valence-electron chi connectivity index (χ3n) is 3.49.